The zero-order valence-corrected chi connectivity index (χ0v) is 10.9. The number of nitrogens with one attached hydrogen (secondary N) is 1. The number of rotatable bonds is 3. The lowest BCUT2D eigenvalue weighted by atomic mass is 9.92. The van der Waals surface area contributed by atoms with Gasteiger partial charge in [0.05, 0.1) is 7.11 Å². The van der Waals surface area contributed by atoms with Crippen LogP contribution < -0.4 is 10.1 Å². The summed E-state index contributed by atoms with van der Waals surface area (Å²) >= 11 is 0. The summed E-state index contributed by atoms with van der Waals surface area (Å²) in [5.41, 5.74) is 1.28. The minimum Gasteiger partial charge on any atom is -0.496 e. The third-order valence-electron chi connectivity index (χ3n) is 3.62. The first kappa shape index (κ1) is 12.4. The third kappa shape index (κ3) is 2.79. The maximum atomic E-state index is 5.44. The van der Waals surface area contributed by atoms with Crippen molar-refractivity contribution in [3.05, 3.63) is 29.8 Å². The molecule has 0 amide bonds. The summed E-state index contributed by atoms with van der Waals surface area (Å²) in [5.74, 6) is 0.990. The number of hydrogen-bond donors (Lipinski definition) is 1. The molecule has 0 spiro atoms. The van der Waals surface area contributed by atoms with Crippen LogP contribution in [0.4, 0.5) is 0 Å². The molecule has 0 radical (unpaired) electrons. The lowest BCUT2D eigenvalue weighted by Crippen LogP contribution is -2.41. The van der Waals surface area contributed by atoms with Gasteiger partial charge < -0.3 is 15.0 Å². The summed E-state index contributed by atoms with van der Waals surface area (Å²) in [5, 5.41) is 3.59. The number of benzene rings is 1. The minimum atomic E-state index is 0.410. The molecule has 1 N–H and O–H groups in total. The molecule has 1 aromatic carbocycles. The van der Waals surface area contributed by atoms with E-state index in [-0.39, 0.29) is 0 Å². The third-order valence-corrected chi connectivity index (χ3v) is 3.62. The van der Waals surface area contributed by atoms with Crippen LogP contribution in [0.15, 0.2) is 24.3 Å². The van der Waals surface area contributed by atoms with E-state index in [0.717, 1.165) is 18.7 Å². The Bertz CT molecular complexity index is 365. The van der Waals surface area contributed by atoms with Gasteiger partial charge in [-0.2, -0.15) is 0 Å². The van der Waals surface area contributed by atoms with Crippen LogP contribution in [0.1, 0.15) is 24.4 Å². The zero-order valence-electron chi connectivity index (χ0n) is 10.9. The summed E-state index contributed by atoms with van der Waals surface area (Å²) in [6.45, 7) is 1.07. The molecule has 0 bridgehead atoms. The fourth-order valence-corrected chi connectivity index (χ4v) is 2.56. The summed E-state index contributed by atoms with van der Waals surface area (Å²) < 4.78 is 5.44. The highest BCUT2D eigenvalue weighted by Crippen LogP contribution is 2.31. The summed E-state index contributed by atoms with van der Waals surface area (Å²) in [7, 11) is 6.07. The van der Waals surface area contributed by atoms with Gasteiger partial charge in [-0.3, -0.25) is 0 Å². The fraction of sp³-hybridized carbons (Fsp3) is 0.571. The topological polar surface area (TPSA) is 24.5 Å². The van der Waals surface area contributed by atoms with Crippen LogP contribution >= 0.6 is 0 Å². The normalized spacial score (nSPS) is 24.9. The number of methoxy groups -OCH3 is 1. The van der Waals surface area contributed by atoms with Crippen molar-refractivity contribution in [2.75, 3.05) is 27.7 Å². The molecular weight excluding hydrogens is 212 g/mol. The van der Waals surface area contributed by atoms with Gasteiger partial charge in [-0.05, 0) is 39.5 Å². The standard InChI is InChI=1S/C14H22N2O/c1-16(2)11-8-9-15-13(10-11)12-6-4-5-7-14(12)17-3/h4-7,11,13,15H,8-10H2,1-3H3. The van der Waals surface area contributed by atoms with Crippen LogP contribution in [0.3, 0.4) is 0 Å². The molecule has 3 heteroatoms. The molecule has 2 atom stereocenters. The van der Waals surface area contributed by atoms with Crippen LogP contribution in [-0.2, 0) is 0 Å². The fourth-order valence-electron chi connectivity index (χ4n) is 2.56. The van der Waals surface area contributed by atoms with Crippen LogP contribution in [0, 0.1) is 0 Å². The Morgan fingerprint density at radius 3 is 2.76 bits per heavy atom. The largest absolute Gasteiger partial charge is 0.496 e. The Labute approximate surface area is 104 Å². The Morgan fingerprint density at radius 1 is 1.29 bits per heavy atom. The van der Waals surface area contributed by atoms with Gasteiger partial charge in [0.2, 0.25) is 0 Å². The molecule has 0 aromatic heterocycles. The van der Waals surface area contributed by atoms with Crippen LogP contribution in [-0.4, -0.2) is 38.7 Å². The van der Waals surface area contributed by atoms with Gasteiger partial charge in [0, 0.05) is 17.6 Å². The summed E-state index contributed by atoms with van der Waals surface area (Å²) in [4.78, 5) is 2.32. The highest BCUT2D eigenvalue weighted by atomic mass is 16.5. The number of ether oxygens (including phenoxy) is 1. The average molecular weight is 234 g/mol. The molecule has 94 valence electrons. The molecule has 1 fully saturated rings. The Kier molecular flexibility index (Phi) is 4.02. The van der Waals surface area contributed by atoms with Crippen LogP contribution in [0.2, 0.25) is 0 Å². The van der Waals surface area contributed by atoms with Crippen molar-refractivity contribution in [2.24, 2.45) is 0 Å². The van der Waals surface area contributed by atoms with E-state index in [9.17, 15) is 0 Å². The van der Waals surface area contributed by atoms with E-state index in [2.05, 4.69) is 36.4 Å². The maximum Gasteiger partial charge on any atom is 0.123 e. The molecule has 0 saturated carbocycles. The Morgan fingerprint density at radius 2 is 2.06 bits per heavy atom. The molecule has 1 aliphatic rings. The number of piperidine rings is 1. The van der Waals surface area contributed by atoms with Gasteiger partial charge in [-0.15, -0.1) is 0 Å². The minimum absolute atomic E-state index is 0.410. The van der Waals surface area contributed by atoms with Gasteiger partial charge >= 0.3 is 0 Å². The molecule has 2 unspecified atom stereocenters. The molecule has 2 rings (SSSR count). The van der Waals surface area contributed by atoms with Gasteiger partial charge in [0.25, 0.3) is 0 Å². The van der Waals surface area contributed by atoms with Crippen molar-refractivity contribution < 1.29 is 4.74 Å². The lowest BCUT2D eigenvalue weighted by Gasteiger charge is -2.35. The Balaban J connectivity index is 2.16. The molecular formula is C14H22N2O. The summed E-state index contributed by atoms with van der Waals surface area (Å²) in [6.07, 6.45) is 2.37. The van der Waals surface area contributed by atoms with Gasteiger partial charge in [-0.1, -0.05) is 18.2 Å². The number of hydrogen-bond acceptors (Lipinski definition) is 3. The highest BCUT2D eigenvalue weighted by molar-refractivity contribution is 5.36. The second kappa shape index (κ2) is 5.52. The number of nitrogens with zero attached hydrogens (tertiary/aromatic N) is 1. The van der Waals surface area contributed by atoms with E-state index in [4.69, 9.17) is 4.74 Å². The zero-order chi connectivity index (χ0) is 12.3. The van der Waals surface area contributed by atoms with Crippen molar-refractivity contribution >= 4 is 0 Å². The summed E-state index contributed by atoms with van der Waals surface area (Å²) in [6, 6.07) is 9.37. The first-order valence-corrected chi connectivity index (χ1v) is 6.25. The first-order chi connectivity index (χ1) is 8.22. The second-order valence-electron chi connectivity index (χ2n) is 4.89. The lowest BCUT2D eigenvalue weighted by molar-refractivity contribution is 0.205. The van der Waals surface area contributed by atoms with E-state index >= 15 is 0 Å². The van der Waals surface area contributed by atoms with Crippen molar-refractivity contribution in [3.8, 4) is 5.75 Å². The van der Waals surface area contributed by atoms with Crippen molar-refractivity contribution in [3.63, 3.8) is 0 Å². The predicted molar refractivity (Wildman–Crippen MR) is 70.4 cm³/mol. The Hall–Kier alpha value is -1.06. The van der Waals surface area contributed by atoms with E-state index in [1.807, 2.05) is 12.1 Å². The van der Waals surface area contributed by atoms with E-state index in [1.165, 1.54) is 12.0 Å². The molecule has 1 heterocycles. The van der Waals surface area contributed by atoms with Crippen molar-refractivity contribution in [1.29, 1.82) is 0 Å². The van der Waals surface area contributed by atoms with E-state index < -0.39 is 0 Å². The average Bonchev–Trinajstić information content (AvgIpc) is 2.39. The SMILES string of the molecule is COc1ccccc1C1CC(N(C)C)CCN1. The van der Waals surface area contributed by atoms with E-state index in [0.29, 0.717) is 12.1 Å². The quantitative estimate of drug-likeness (QED) is 0.866. The van der Waals surface area contributed by atoms with Crippen molar-refractivity contribution in [2.45, 2.75) is 24.9 Å². The second-order valence-corrected chi connectivity index (χ2v) is 4.89. The molecule has 0 aliphatic carbocycles. The number of para-hydroxylation sites is 1. The highest BCUT2D eigenvalue weighted by Gasteiger charge is 2.25. The molecule has 17 heavy (non-hydrogen) atoms. The van der Waals surface area contributed by atoms with E-state index in [1.54, 1.807) is 7.11 Å². The molecule has 1 aliphatic heterocycles. The maximum absolute atomic E-state index is 5.44. The van der Waals surface area contributed by atoms with Crippen LogP contribution in [0.5, 0.6) is 5.75 Å². The molecule has 3 nitrogen and oxygen atoms in total. The monoisotopic (exact) mass is 234 g/mol. The van der Waals surface area contributed by atoms with Crippen LogP contribution in [0.25, 0.3) is 0 Å². The van der Waals surface area contributed by atoms with Gasteiger partial charge in [0.15, 0.2) is 0 Å². The molecule has 1 aromatic rings. The van der Waals surface area contributed by atoms with Crippen molar-refractivity contribution in [1.82, 2.24) is 10.2 Å². The first-order valence-electron chi connectivity index (χ1n) is 6.25. The predicted octanol–water partition coefficient (Wildman–Crippen LogP) is 2.05. The van der Waals surface area contributed by atoms with Gasteiger partial charge in [-0.25, -0.2) is 0 Å². The smallest absolute Gasteiger partial charge is 0.123 e. The van der Waals surface area contributed by atoms with Gasteiger partial charge in [0.1, 0.15) is 5.75 Å². The molecule has 1 saturated heterocycles.